The maximum atomic E-state index is 15.1. The van der Waals surface area contributed by atoms with Crippen molar-refractivity contribution in [1.82, 2.24) is 10.1 Å². The first-order valence-corrected chi connectivity index (χ1v) is 12.8. The highest BCUT2D eigenvalue weighted by Gasteiger charge is 2.37. The van der Waals surface area contributed by atoms with Crippen LogP contribution in [0.1, 0.15) is 54.8 Å². The Labute approximate surface area is 224 Å². The highest BCUT2D eigenvalue weighted by atomic mass is 19.1. The van der Waals surface area contributed by atoms with Gasteiger partial charge in [-0.25, -0.2) is 8.78 Å². The Morgan fingerprint density at radius 2 is 1.85 bits per heavy atom. The van der Waals surface area contributed by atoms with E-state index in [2.05, 4.69) is 5.16 Å². The molecule has 4 rings (SSSR count). The Morgan fingerprint density at radius 1 is 1.13 bits per heavy atom. The van der Waals surface area contributed by atoms with E-state index in [9.17, 15) is 14.4 Å². The molecule has 10 heteroatoms. The quantitative estimate of drug-likeness (QED) is 0.415. The minimum absolute atomic E-state index is 0.111. The lowest BCUT2D eigenvalue weighted by atomic mass is 9.83. The zero-order chi connectivity index (χ0) is 28.3. The van der Waals surface area contributed by atoms with Gasteiger partial charge in [0.25, 0.3) is 5.56 Å². The van der Waals surface area contributed by atoms with Crippen molar-refractivity contribution >= 4 is 11.7 Å². The van der Waals surface area contributed by atoms with Crippen molar-refractivity contribution in [3.05, 3.63) is 86.4 Å². The number of nitrogens with one attached hydrogen (secondary N) is 1. The highest BCUT2D eigenvalue weighted by molar-refractivity contribution is 5.92. The molecule has 2 heterocycles. The summed E-state index contributed by atoms with van der Waals surface area (Å²) in [5.74, 6) is -1.54. The van der Waals surface area contributed by atoms with Gasteiger partial charge in [-0.15, -0.1) is 0 Å². The number of aromatic nitrogens is 1. The van der Waals surface area contributed by atoms with Gasteiger partial charge in [-0.05, 0) is 54.3 Å². The molecule has 2 aromatic carbocycles. The number of fused-ring (bicyclic) bond motifs is 1. The van der Waals surface area contributed by atoms with E-state index in [1.54, 1.807) is 26.0 Å². The summed E-state index contributed by atoms with van der Waals surface area (Å²) in [5, 5.41) is 2.15. The van der Waals surface area contributed by atoms with E-state index in [4.69, 9.17) is 14.0 Å². The van der Waals surface area contributed by atoms with Crippen molar-refractivity contribution in [3.63, 3.8) is 0 Å². The molecule has 39 heavy (non-hydrogen) atoms. The molecule has 1 atom stereocenters. The molecule has 1 aromatic heterocycles. The number of ether oxygens (including phenoxy) is 2. The first-order valence-electron chi connectivity index (χ1n) is 12.8. The van der Waals surface area contributed by atoms with Crippen LogP contribution in [0, 0.1) is 11.6 Å². The van der Waals surface area contributed by atoms with E-state index in [0.29, 0.717) is 24.3 Å². The van der Waals surface area contributed by atoms with Crippen LogP contribution >= 0.6 is 0 Å². The number of nitrogens with zero attached hydrogens (tertiary/aromatic N) is 1. The van der Waals surface area contributed by atoms with Crippen LogP contribution in [-0.4, -0.2) is 48.6 Å². The number of rotatable bonds is 10. The predicted octanol–water partition coefficient (Wildman–Crippen LogP) is 4.05. The van der Waals surface area contributed by atoms with Gasteiger partial charge in [0.2, 0.25) is 5.91 Å². The summed E-state index contributed by atoms with van der Waals surface area (Å²) in [5.41, 5.74) is 0.135. The van der Waals surface area contributed by atoms with Crippen molar-refractivity contribution < 1.29 is 32.4 Å². The Morgan fingerprint density at radius 3 is 2.46 bits per heavy atom. The number of carbonyl (C=O) groups excluding carboxylic acids is 2. The van der Waals surface area contributed by atoms with Crippen LogP contribution in [-0.2, 0) is 39.0 Å². The van der Waals surface area contributed by atoms with E-state index in [-0.39, 0.29) is 42.9 Å². The Kier molecular flexibility index (Phi) is 8.34. The van der Waals surface area contributed by atoms with Gasteiger partial charge in [0, 0.05) is 37.1 Å². The largest absolute Gasteiger partial charge is 0.494 e. The molecule has 0 radical (unpaired) electrons. The third kappa shape index (κ3) is 6.11. The number of methoxy groups -OCH3 is 1. The molecule has 0 aliphatic carbocycles. The average Bonchev–Trinajstić information content (AvgIpc) is 3.26. The SMILES string of the molecule is CCOc1ccc2c(c1)CCN(C(=O)Cc1cc(=O)[nH]o1)[C@H]2C(=O)Cc1cc(F)c(C(C)(C)COC)c(F)c1. The number of halogens is 2. The molecule has 3 aromatic rings. The topological polar surface area (TPSA) is 102 Å². The molecule has 8 nitrogen and oxygen atoms in total. The summed E-state index contributed by atoms with van der Waals surface area (Å²) >= 11 is 0. The van der Waals surface area contributed by atoms with Crippen LogP contribution < -0.4 is 10.3 Å². The second kappa shape index (κ2) is 11.5. The second-order valence-corrected chi connectivity index (χ2v) is 10.3. The number of benzene rings is 2. The Balaban J connectivity index is 1.67. The molecular weight excluding hydrogens is 510 g/mol. The Hall–Kier alpha value is -3.79. The maximum absolute atomic E-state index is 15.1. The van der Waals surface area contributed by atoms with Crippen molar-refractivity contribution in [1.29, 1.82) is 0 Å². The lowest BCUT2D eigenvalue weighted by molar-refractivity contribution is -0.140. The maximum Gasteiger partial charge on any atom is 0.280 e. The normalized spacial score (nSPS) is 15.2. The van der Waals surface area contributed by atoms with Crippen molar-refractivity contribution in [3.8, 4) is 5.75 Å². The first kappa shape index (κ1) is 28.2. The first-order chi connectivity index (χ1) is 18.5. The van der Waals surface area contributed by atoms with Crippen LogP contribution in [0.5, 0.6) is 5.75 Å². The van der Waals surface area contributed by atoms with Gasteiger partial charge in [0.15, 0.2) is 5.78 Å². The van der Waals surface area contributed by atoms with Gasteiger partial charge in [-0.3, -0.25) is 14.4 Å². The van der Waals surface area contributed by atoms with Crippen LogP contribution in [0.15, 0.2) is 45.7 Å². The summed E-state index contributed by atoms with van der Waals surface area (Å²) in [4.78, 5) is 39.9. The summed E-state index contributed by atoms with van der Waals surface area (Å²) in [6.07, 6.45) is -0.0318. The fraction of sp³-hybridized carbons (Fsp3) is 0.414. The number of ketones is 1. The minimum atomic E-state index is -0.988. The number of carbonyl (C=O) groups is 2. The van der Waals surface area contributed by atoms with Gasteiger partial charge in [-0.1, -0.05) is 19.9 Å². The molecule has 0 fully saturated rings. The molecule has 0 saturated carbocycles. The molecule has 0 unspecified atom stereocenters. The lowest BCUT2D eigenvalue weighted by Crippen LogP contribution is -2.44. The average molecular weight is 543 g/mol. The number of hydrogen-bond donors (Lipinski definition) is 1. The van der Waals surface area contributed by atoms with Gasteiger partial charge >= 0.3 is 0 Å². The number of amides is 1. The second-order valence-electron chi connectivity index (χ2n) is 10.3. The van der Waals surface area contributed by atoms with Crippen molar-refractivity contribution in [2.75, 3.05) is 26.9 Å². The summed E-state index contributed by atoms with van der Waals surface area (Å²) in [6.45, 7) is 6.04. The summed E-state index contributed by atoms with van der Waals surface area (Å²) in [6, 6.07) is 7.84. The fourth-order valence-corrected chi connectivity index (χ4v) is 5.24. The molecule has 0 spiro atoms. The zero-order valence-corrected chi connectivity index (χ0v) is 22.4. The molecule has 1 N–H and O–H groups in total. The van der Waals surface area contributed by atoms with E-state index < -0.39 is 40.3 Å². The van der Waals surface area contributed by atoms with Gasteiger partial charge in [-0.2, -0.15) is 5.16 Å². The minimum Gasteiger partial charge on any atom is -0.494 e. The molecule has 1 amide bonds. The third-order valence-corrected chi connectivity index (χ3v) is 6.84. The fourth-order valence-electron chi connectivity index (χ4n) is 5.24. The lowest BCUT2D eigenvalue weighted by Gasteiger charge is -2.36. The molecule has 0 saturated heterocycles. The predicted molar refractivity (Wildman–Crippen MR) is 139 cm³/mol. The van der Waals surface area contributed by atoms with E-state index in [1.165, 1.54) is 18.1 Å². The third-order valence-electron chi connectivity index (χ3n) is 6.84. The number of H-pyrrole nitrogens is 1. The van der Waals surface area contributed by atoms with Gasteiger partial charge in [0.1, 0.15) is 29.2 Å². The summed E-state index contributed by atoms with van der Waals surface area (Å²) in [7, 11) is 1.46. The van der Waals surface area contributed by atoms with E-state index >= 15 is 8.78 Å². The van der Waals surface area contributed by atoms with Crippen LogP contribution in [0.4, 0.5) is 8.78 Å². The molecule has 1 aliphatic heterocycles. The number of hydrogen-bond acceptors (Lipinski definition) is 6. The highest BCUT2D eigenvalue weighted by Crippen LogP contribution is 2.35. The molecule has 208 valence electrons. The number of Topliss-reactive ketones (excluding diaryl/α,β-unsaturated/α-hetero) is 1. The monoisotopic (exact) mass is 542 g/mol. The van der Waals surface area contributed by atoms with Crippen LogP contribution in [0.3, 0.4) is 0 Å². The molecule has 1 aliphatic rings. The molecular formula is C29H32F2N2O6. The Bertz CT molecular complexity index is 1400. The van der Waals surface area contributed by atoms with Crippen LogP contribution in [0.25, 0.3) is 0 Å². The summed E-state index contributed by atoms with van der Waals surface area (Å²) < 4.78 is 46.0. The van der Waals surface area contributed by atoms with Crippen molar-refractivity contribution in [2.24, 2.45) is 0 Å². The van der Waals surface area contributed by atoms with Gasteiger partial charge in [0.05, 0.1) is 19.6 Å². The molecule has 0 bridgehead atoms. The van der Waals surface area contributed by atoms with Crippen LogP contribution in [0.2, 0.25) is 0 Å². The van der Waals surface area contributed by atoms with E-state index in [0.717, 1.165) is 17.7 Å². The van der Waals surface area contributed by atoms with E-state index in [1.807, 2.05) is 13.0 Å². The standard InChI is InChI=1S/C29H32F2N2O6/c1-5-38-19-6-7-21-18(13-19)8-9-33(26(36)15-20-14-25(35)32-39-20)28(21)24(34)12-17-10-22(30)27(23(31)11-17)29(2,3)16-37-4/h6-7,10-11,13-14,28H,5,8-9,12,15-16H2,1-4H3,(H,32,35)/t28-/m1/s1. The smallest absolute Gasteiger partial charge is 0.280 e. The van der Waals surface area contributed by atoms with Gasteiger partial charge < -0.3 is 18.9 Å². The number of aromatic amines is 1. The van der Waals surface area contributed by atoms with Crippen molar-refractivity contribution in [2.45, 2.75) is 51.5 Å². The zero-order valence-electron chi connectivity index (χ0n) is 22.4.